The number of nitrogens with zero attached hydrogens (tertiary/aromatic N) is 4. The van der Waals surface area contributed by atoms with Gasteiger partial charge in [-0.25, -0.2) is 23.7 Å². The summed E-state index contributed by atoms with van der Waals surface area (Å²) in [5, 5.41) is 9.43. The highest BCUT2D eigenvalue weighted by molar-refractivity contribution is 5.94. The molecule has 0 radical (unpaired) electrons. The average Bonchev–Trinajstić information content (AvgIpc) is 3.27. The van der Waals surface area contributed by atoms with Crippen molar-refractivity contribution in [1.29, 1.82) is 0 Å². The molecule has 6 rings (SSSR count). The van der Waals surface area contributed by atoms with E-state index in [0.29, 0.717) is 60.2 Å². The van der Waals surface area contributed by atoms with Crippen molar-refractivity contribution in [2.75, 3.05) is 48.9 Å². The average molecular weight is 468 g/mol. The molecule has 2 atom stereocenters. The highest BCUT2D eigenvalue weighted by atomic mass is 19.1. The molecule has 178 valence electrons. The van der Waals surface area contributed by atoms with Crippen LogP contribution in [-0.2, 0) is 16.1 Å². The number of benzene rings is 1. The quantitative estimate of drug-likeness (QED) is 0.529. The van der Waals surface area contributed by atoms with Crippen LogP contribution < -0.4 is 20.9 Å². The Bertz CT molecular complexity index is 1260. The summed E-state index contributed by atoms with van der Waals surface area (Å²) in [7, 11) is 1.79. The van der Waals surface area contributed by atoms with E-state index in [2.05, 4.69) is 25.9 Å². The Morgan fingerprint density at radius 1 is 1.21 bits per heavy atom. The second-order valence-corrected chi connectivity index (χ2v) is 8.77. The maximum Gasteiger partial charge on any atom is 0.328 e. The maximum absolute atomic E-state index is 15.6. The van der Waals surface area contributed by atoms with Crippen LogP contribution in [0, 0.1) is 5.82 Å². The lowest BCUT2D eigenvalue weighted by Gasteiger charge is -2.37. The summed E-state index contributed by atoms with van der Waals surface area (Å²) in [5.41, 5.74) is 3.40. The second-order valence-electron chi connectivity index (χ2n) is 8.77. The first-order chi connectivity index (χ1) is 16.6. The first-order valence-corrected chi connectivity index (χ1v) is 11.5. The van der Waals surface area contributed by atoms with Gasteiger partial charge in [0.15, 0.2) is 11.5 Å². The number of hydrogen-bond acceptors (Lipinski definition) is 8. The summed E-state index contributed by atoms with van der Waals surface area (Å²) in [6, 6.07) is 4.91. The minimum absolute atomic E-state index is 0.111. The van der Waals surface area contributed by atoms with Gasteiger partial charge >= 0.3 is 6.03 Å². The molecule has 1 aromatic carbocycles. The molecule has 1 aliphatic carbocycles. The number of anilines is 4. The van der Waals surface area contributed by atoms with Crippen LogP contribution in [0.25, 0.3) is 11.2 Å². The number of halogens is 1. The number of morpholine rings is 1. The molecule has 4 bridgehead atoms. The van der Waals surface area contributed by atoms with Gasteiger partial charge in [0.25, 0.3) is 0 Å². The van der Waals surface area contributed by atoms with Crippen molar-refractivity contribution in [3.05, 3.63) is 35.9 Å². The molecule has 2 aromatic heterocycles. The molecular weight excluding hydrogens is 441 g/mol. The van der Waals surface area contributed by atoms with E-state index in [0.717, 1.165) is 18.5 Å². The van der Waals surface area contributed by atoms with Gasteiger partial charge in [-0.15, -0.1) is 0 Å². The van der Waals surface area contributed by atoms with Crippen molar-refractivity contribution < 1.29 is 18.7 Å². The van der Waals surface area contributed by atoms with Crippen molar-refractivity contribution in [2.45, 2.75) is 31.6 Å². The molecule has 4 heterocycles. The summed E-state index contributed by atoms with van der Waals surface area (Å²) < 4.78 is 28.5. The second kappa shape index (κ2) is 8.41. The summed E-state index contributed by atoms with van der Waals surface area (Å²) in [5.74, 6) is 0.216. The topological polar surface area (TPSA) is 106 Å². The Morgan fingerprint density at radius 3 is 2.82 bits per heavy atom. The molecule has 1 saturated heterocycles. The fourth-order valence-corrected chi connectivity index (χ4v) is 4.68. The van der Waals surface area contributed by atoms with Gasteiger partial charge < -0.3 is 30.3 Å². The molecular formula is C23H26FN7O3. The van der Waals surface area contributed by atoms with Crippen LogP contribution in [0.3, 0.4) is 0 Å². The summed E-state index contributed by atoms with van der Waals surface area (Å²) >= 11 is 0. The molecule has 2 aliphatic heterocycles. The molecule has 3 aliphatic rings. The fourth-order valence-electron chi connectivity index (χ4n) is 4.68. The lowest BCUT2D eigenvalue weighted by atomic mass is 9.89. The van der Waals surface area contributed by atoms with Crippen molar-refractivity contribution in [2.24, 2.45) is 0 Å². The van der Waals surface area contributed by atoms with Crippen LogP contribution >= 0.6 is 0 Å². The van der Waals surface area contributed by atoms with E-state index in [9.17, 15) is 4.79 Å². The number of amides is 1. The Kier molecular flexibility index (Phi) is 5.22. The van der Waals surface area contributed by atoms with Crippen LogP contribution in [0.15, 0.2) is 24.5 Å². The number of imidazole rings is 1. The molecule has 1 amide bonds. The van der Waals surface area contributed by atoms with Crippen molar-refractivity contribution in [3.63, 3.8) is 0 Å². The highest BCUT2D eigenvalue weighted by Crippen LogP contribution is 2.33. The monoisotopic (exact) mass is 467 g/mol. The third-order valence-electron chi connectivity index (χ3n) is 6.72. The van der Waals surface area contributed by atoms with Gasteiger partial charge in [0.2, 0.25) is 0 Å². The van der Waals surface area contributed by atoms with E-state index in [1.54, 1.807) is 19.2 Å². The Balaban J connectivity index is 1.48. The molecule has 0 unspecified atom stereocenters. The molecule has 1 saturated carbocycles. The van der Waals surface area contributed by atoms with Gasteiger partial charge in [0.1, 0.15) is 17.7 Å². The molecule has 34 heavy (non-hydrogen) atoms. The summed E-state index contributed by atoms with van der Waals surface area (Å²) in [6.07, 6.45) is 2.90. The molecule has 3 aromatic rings. The number of aromatic nitrogens is 3. The zero-order chi connectivity index (χ0) is 23.2. The number of ether oxygens (including phenoxy) is 2. The normalized spacial score (nSPS) is 22.4. The van der Waals surface area contributed by atoms with Crippen LogP contribution in [-0.4, -0.2) is 66.1 Å². The largest absolute Gasteiger partial charge is 0.386 e. The minimum atomic E-state index is -0.316. The van der Waals surface area contributed by atoms with Crippen LogP contribution in [0.4, 0.5) is 32.1 Å². The number of carbonyl (C=O) groups excluding carboxylic acids is 1. The minimum Gasteiger partial charge on any atom is -0.386 e. The van der Waals surface area contributed by atoms with Gasteiger partial charge in [-0.2, -0.15) is 0 Å². The third-order valence-corrected chi connectivity index (χ3v) is 6.72. The highest BCUT2D eigenvalue weighted by Gasteiger charge is 2.34. The zero-order valence-corrected chi connectivity index (χ0v) is 18.8. The molecule has 11 heteroatoms. The predicted molar refractivity (Wildman–Crippen MR) is 125 cm³/mol. The zero-order valence-electron chi connectivity index (χ0n) is 18.8. The number of rotatable bonds is 2. The lowest BCUT2D eigenvalue weighted by molar-refractivity contribution is -0.0332. The molecule has 10 nitrogen and oxygen atoms in total. The first-order valence-electron chi connectivity index (χ1n) is 11.5. The Labute approximate surface area is 195 Å². The smallest absolute Gasteiger partial charge is 0.328 e. The van der Waals surface area contributed by atoms with Crippen molar-refractivity contribution in [3.8, 4) is 0 Å². The van der Waals surface area contributed by atoms with E-state index >= 15 is 4.39 Å². The number of fused-ring (bicyclic) bond motifs is 4. The predicted octanol–water partition coefficient (Wildman–Crippen LogP) is 2.81. The van der Waals surface area contributed by atoms with Gasteiger partial charge in [0, 0.05) is 37.5 Å². The van der Waals surface area contributed by atoms with E-state index in [4.69, 9.17) is 9.47 Å². The van der Waals surface area contributed by atoms with E-state index < -0.39 is 0 Å². The summed E-state index contributed by atoms with van der Waals surface area (Å²) in [6.45, 7) is 2.45. The maximum atomic E-state index is 15.6. The Hall–Kier alpha value is -3.44. The van der Waals surface area contributed by atoms with Crippen LogP contribution in [0.5, 0.6) is 0 Å². The van der Waals surface area contributed by atoms with Crippen LogP contribution in [0.2, 0.25) is 0 Å². The standard InChI is InChI=1S/C23H26FN7O3/c1-25-16-10-19-27-14-8-13(20(24)17(9-14)30-4-6-33-7-5-30)11-34-18-3-2-15(18)28-23(32)31-12-26-21(16)22(31)29-19/h8-10,12,15,18H,2-7,11H2,1H3,(H,28,32)(H2,25,27,29)/t15-,18-/m1/s1. The molecule has 3 N–H and O–H groups in total. The van der Waals surface area contributed by atoms with E-state index in [1.807, 2.05) is 11.0 Å². The Morgan fingerprint density at radius 2 is 2.06 bits per heavy atom. The van der Waals surface area contributed by atoms with E-state index in [-0.39, 0.29) is 30.6 Å². The molecule has 0 spiro atoms. The number of pyridine rings is 1. The van der Waals surface area contributed by atoms with Crippen LogP contribution in [0.1, 0.15) is 18.4 Å². The van der Waals surface area contributed by atoms with Gasteiger partial charge in [-0.05, 0) is 25.0 Å². The SMILES string of the molecule is CNc1cc2nc3c1ncn3C(=O)N[C@@H]1CC[C@H]1OCc1cc(cc(N3CCOCC3)c1F)N2. The number of hydrogen-bond donors (Lipinski definition) is 3. The molecule has 2 fully saturated rings. The first kappa shape index (κ1) is 21.1. The van der Waals surface area contributed by atoms with E-state index in [1.165, 1.54) is 10.9 Å². The van der Waals surface area contributed by atoms with Gasteiger partial charge in [-0.1, -0.05) is 0 Å². The lowest BCUT2D eigenvalue weighted by Crippen LogP contribution is -2.52. The number of nitrogens with one attached hydrogen (secondary N) is 3. The van der Waals surface area contributed by atoms with Gasteiger partial charge in [0.05, 0.1) is 43.3 Å². The summed E-state index contributed by atoms with van der Waals surface area (Å²) in [4.78, 5) is 24.1. The number of carbonyl (C=O) groups is 1. The van der Waals surface area contributed by atoms with Crippen molar-refractivity contribution in [1.82, 2.24) is 19.9 Å². The third kappa shape index (κ3) is 3.61. The van der Waals surface area contributed by atoms with Gasteiger partial charge in [-0.3, -0.25) is 0 Å². The fraction of sp³-hybridized carbons (Fsp3) is 0.435. The van der Waals surface area contributed by atoms with Crippen molar-refractivity contribution >= 4 is 40.1 Å².